The van der Waals surface area contributed by atoms with Gasteiger partial charge in [-0.25, -0.2) is 0 Å². The van der Waals surface area contributed by atoms with Crippen LogP contribution in [0.5, 0.6) is 5.75 Å². The maximum absolute atomic E-state index is 6.35. The Balaban J connectivity index is 1.45. The quantitative estimate of drug-likeness (QED) is 0.487. The molecule has 4 heteroatoms. The van der Waals surface area contributed by atoms with Crippen molar-refractivity contribution in [2.24, 2.45) is 0 Å². The summed E-state index contributed by atoms with van der Waals surface area (Å²) < 4.78 is 5.81. The second kappa shape index (κ2) is 9.63. The minimum absolute atomic E-state index is 0.513. The summed E-state index contributed by atoms with van der Waals surface area (Å²) in [6.45, 7) is 2.18. The van der Waals surface area contributed by atoms with E-state index in [1.54, 1.807) is 0 Å². The number of nitrogens with one attached hydrogen (secondary N) is 1. The van der Waals surface area contributed by atoms with Gasteiger partial charge in [0, 0.05) is 11.6 Å². The van der Waals surface area contributed by atoms with E-state index in [1.165, 1.54) is 5.56 Å². The molecule has 0 atom stereocenters. The van der Waals surface area contributed by atoms with Crippen LogP contribution in [0.25, 0.3) is 0 Å². The van der Waals surface area contributed by atoms with Crippen molar-refractivity contribution < 1.29 is 4.74 Å². The molecule has 0 spiro atoms. The highest BCUT2D eigenvalue weighted by Crippen LogP contribution is 2.26. The third kappa shape index (κ3) is 5.77. The second-order valence-corrected chi connectivity index (χ2v) is 6.94. The molecule has 134 valence electrons. The van der Waals surface area contributed by atoms with Crippen LogP contribution >= 0.6 is 23.2 Å². The molecule has 0 aliphatic heterocycles. The molecule has 0 amide bonds. The molecular formula is C22H21Cl2NO. The van der Waals surface area contributed by atoms with Crippen molar-refractivity contribution in [3.8, 4) is 5.75 Å². The van der Waals surface area contributed by atoms with Gasteiger partial charge < -0.3 is 10.1 Å². The minimum atomic E-state index is 0.513. The van der Waals surface area contributed by atoms with Crippen molar-refractivity contribution in [1.29, 1.82) is 0 Å². The minimum Gasteiger partial charge on any atom is -0.487 e. The van der Waals surface area contributed by atoms with E-state index in [9.17, 15) is 0 Å². The van der Waals surface area contributed by atoms with Crippen molar-refractivity contribution in [2.75, 3.05) is 6.54 Å². The lowest BCUT2D eigenvalue weighted by atomic mass is 10.1. The van der Waals surface area contributed by atoms with Gasteiger partial charge >= 0.3 is 0 Å². The predicted octanol–water partition coefficient (Wildman–Crippen LogP) is 5.90. The summed E-state index contributed by atoms with van der Waals surface area (Å²) >= 11 is 12.3. The fraction of sp³-hybridized carbons (Fsp3) is 0.182. The van der Waals surface area contributed by atoms with Crippen molar-refractivity contribution in [2.45, 2.75) is 19.6 Å². The molecule has 0 aliphatic carbocycles. The fourth-order valence-electron chi connectivity index (χ4n) is 2.62. The van der Waals surface area contributed by atoms with Crippen molar-refractivity contribution in [3.63, 3.8) is 0 Å². The zero-order valence-electron chi connectivity index (χ0n) is 14.4. The van der Waals surface area contributed by atoms with Gasteiger partial charge in [0.1, 0.15) is 12.4 Å². The van der Waals surface area contributed by atoms with E-state index < -0.39 is 0 Å². The average Bonchev–Trinajstić information content (AvgIpc) is 2.67. The van der Waals surface area contributed by atoms with Crippen molar-refractivity contribution in [1.82, 2.24) is 5.32 Å². The molecule has 0 aliphatic rings. The molecule has 0 radical (unpaired) electrons. The number of halogens is 2. The van der Waals surface area contributed by atoms with E-state index in [0.29, 0.717) is 17.4 Å². The lowest BCUT2D eigenvalue weighted by molar-refractivity contribution is 0.306. The second-order valence-electron chi connectivity index (χ2n) is 6.09. The van der Waals surface area contributed by atoms with Gasteiger partial charge in [-0.2, -0.15) is 0 Å². The van der Waals surface area contributed by atoms with Crippen LogP contribution in [0.2, 0.25) is 10.0 Å². The van der Waals surface area contributed by atoms with Gasteiger partial charge in [0.25, 0.3) is 0 Å². The van der Waals surface area contributed by atoms with E-state index in [1.807, 2.05) is 60.7 Å². The number of rotatable bonds is 8. The third-order valence-electron chi connectivity index (χ3n) is 4.07. The summed E-state index contributed by atoms with van der Waals surface area (Å²) in [5, 5.41) is 4.84. The van der Waals surface area contributed by atoms with E-state index in [-0.39, 0.29) is 0 Å². The largest absolute Gasteiger partial charge is 0.487 e. The van der Waals surface area contributed by atoms with Gasteiger partial charge in [-0.05, 0) is 53.9 Å². The Bertz CT molecular complexity index is 819. The first kappa shape index (κ1) is 18.8. The van der Waals surface area contributed by atoms with Crippen LogP contribution in [0.4, 0.5) is 0 Å². The maximum Gasteiger partial charge on any atom is 0.138 e. The van der Waals surface area contributed by atoms with Gasteiger partial charge in [0.05, 0.1) is 5.02 Å². The Morgan fingerprint density at radius 2 is 1.50 bits per heavy atom. The third-order valence-corrected chi connectivity index (χ3v) is 4.61. The molecule has 0 saturated carbocycles. The van der Waals surface area contributed by atoms with E-state index in [2.05, 4.69) is 17.4 Å². The van der Waals surface area contributed by atoms with Crippen LogP contribution in [0.1, 0.15) is 16.7 Å². The van der Waals surface area contributed by atoms with Gasteiger partial charge in [-0.3, -0.25) is 0 Å². The molecule has 0 aromatic heterocycles. The zero-order chi connectivity index (χ0) is 18.2. The molecule has 2 nitrogen and oxygen atoms in total. The van der Waals surface area contributed by atoms with Crippen LogP contribution in [-0.4, -0.2) is 6.54 Å². The van der Waals surface area contributed by atoms with E-state index >= 15 is 0 Å². The van der Waals surface area contributed by atoms with Gasteiger partial charge in [-0.15, -0.1) is 0 Å². The molecule has 26 heavy (non-hydrogen) atoms. The summed E-state index contributed by atoms with van der Waals surface area (Å²) in [5.74, 6) is 0.709. The number of ether oxygens (including phenoxy) is 1. The summed E-state index contributed by atoms with van der Waals surface area (Å²) in [7, 11) is 0. The maximum atomic E-state index is 6.35. The molecule has 1 N–H and O–H groups in total. The Labute approximate surface area is 164 Å². The highest BCUT2D eigenvalue weighted by Gasteiger charge is 2.04. The number of hydrogen-bond acceptors (Lipinski definition) is 2. The van der Waals surface area contributed by atoms with Gasteiger partial charge in [0.2, 0.25) is 0 Å². The van der Waals surface area contributed by atoms with Crippen LogP contribution < -0.4 is 10.1 Å². The molecule has 3 aromatic rings. The van der Waals surface area contributed by atoms with Crippen LogP contribution in [0.3, 0.4) is 0 Å². The van der Waals surface area contributed by atoms with E-state index in [4.69, 9.17) is 27.9 Å². The summed E-state index contributed by atoms with van der Waals surface area (Å²) in [6.07, 6.45) is 0.961. The normalized spacial score (nSPS) is 10.7. The summed E-state index contributed by atoms with van der Waals surface area (Å²) in [6, 6.07) is 23.9. The topological polar surface area (TPSA) is 21.3 Å². The van der Waals surface area contributed by atoms with Crippen molar-refractivity contribution >= 4 is 23.2 Å². The molecule has 0 unspecified atom stereocenters. The molecule has 3 rings (SSSR count). The highest BCUT2D eigenvalue weighted by molar-refractivity contribution is 6.32. The molecule has 0 bridgehead atoms. The smallest absolute Gasteiger partial charge is 0.138 e. The Kier molecular flexibility index (Phi) is 6.96. The summed E-state index contributed by atoms with van der Waals surface area (Å²) in [5.41, 5.74) is 3.53. The summed E-state index contributed by atoms with van der Waals surface area (Å²) in [4.78, 5) is 0. The number of benzene rings is 3. The van der Waals surface area contributed by atoms with Crippen LogP contribution in [0, 0.1) is 0 Å². The van der Waals surface area contributed by atoms with Gasteiger partial charge in [-0.1, -0.05) is 71.7 Å². The standard InChI is InChI=1S/C22H21Cl2NO/c23-20-9-6-17(7-10-20)12-13-25-15-19-8-11-22(21(24)14-19)26-16-18-4-2-1-3-5-18/h1-11,14,25H,12-13,15-16H2. The molecule has 0 saturated heterocycles. The molecule has 0 fully saturated rings. The van der Waals surface area contributed by atoms with Crippen LogP contribution in [-0.2, 0) is 19.6 Å². The van der Waals surface area contributed by atoms with Crippen LogP contribution in [0.15, 0.2) is 72.8 Å². The van der Waals surface area contributed by atoms with E-state index in [0.717, 1.165) is 35.7 Å². The Morgan fingerprint density at radius 3 is 2.23 bits per heavy atom. The Morgan fingerprint density at radius 1 is 0.769 bits per heavy atom. The first-order valence-corrected chi connectivity index (χ1v) is 9.36. The monoisotopic (exact) mass is 385 g/mol. The zero-order valence-corrected chi connectivity index (χ0v) is 15.9. The predicted molar refractivity (Wildman–Crippen MR) is 109 cm³/mol. The number of hydrogen-bond donors (Lipinski definition) is 1. The average molecular weight is 386 g/mol. The highest BCUT2D eigenvalue weighted by atomic mass is 35.5. The van der Waals surface area contributed by atoms with Crippen molar-refractivity contribution in [3.05, 3.63) is 99.5 Å². The molecular weight excluding hydrogens is 365 g/mol. The molecule has 0 heterocycles. The van der Waals surface area contributed by atoms with Gasteiger partial charge in [0.15, 0.2) is 0 Å². The lowest BCUT2D eigenvalue weighted by Crippen LogP contribution is -2.16. The molecule has 3 aromatic carbocycles. The Hall–Kier alpha value is -2.00. The lowest BCUT2D eigenvalue weighted by Gasteiger charge is -2.10. The fourth-order valence-corrected chi connectivity index (χ4v) is 3.01. The first-order chi connectivity index (χ1) is 12.7. The first-order valence-electron chi connectivity index (χ1n) is 8.61. The SMILES string of the molecule is Clc1ccc(CCNCc2ccc(OCc3ccccc3)c(Cl)c2)cc1.